The van der Waals surface area contributed by atoms with Crippen molar-refractivity contribution in [3.63, 3.8) is 0 Å². The van der Waals surface area contributed by atoms with Crippen molar-refractivity contribution in [3.05, 3.63) is 35.9 Å². The highest BCUT2D eigenvalue weighted by Crippen LogP contribution is 2.11. The second-order valence-electron chi connectivity index (χ2n) is 10.1. The lowest BCUT2D eigenvalue weighted by molar-refractivity contribution is -0.142. The summed E-state index contributed by atoms with van der Waals surface area (Å²) in [7, 11) is 0. The number of carbonyl (C=O) groups is 4. The molecule has 0 aliphatic carbocycles. The SMILES string of the molecule is CCCCC(NC(=O)OC(C)(C)C)C(=O)NC(CC(C)C)C(=O)NC(Cc1ccccc1)C(=O)O. The Morgan fingerprint density at radius 1 is 0.914 bits per heavy atom. The smallest absolute Gasteiger partial charge is 0.408 e. The van der Waals surface area contributed by atoms with Gasteiger partial charge >= 0.3 is 12.1 Å². The number of benzene rings is 1. The van der Waals surface area contributed by atoms with Gasteiger partial charge < -0.3 is 25.8 Å². The van der Waals surface area contributed by atoms with Crippen LogP contribution in [0.15, 0.2) is 30.3 Å². The molecule has 35 heavy (non-hydrogen) atoms. The second-order valence-corrected chi connectivity index (χ2v) is 10.1. The van der Waals surface area contributed by atoms with Crippen LogP contribution in [0.3, 0.4) is 0 Å². The largest absolute Gasteiger partial charge is 0.480 e. The number of alkyl carbamates (subject to hydrolysis) is 1. The molecule has 0 fully saturated rings. The standard InChI is InChI=1S/C26H41N3O6/c1-7-8-14-19(29-25(34)35-26(4,5)6)22(30)27-20(15-17(2)3)23(31)28-21(24(32)33)16-18-12-10-9-11-13-18/h9-13,17,19-21H,7-8,14-16H2,1-6H3,(H,27,30)(H,28,31)(H,29,34)(H,32,33). The van der Waals surface area contributed by atoms with E-state index in [0.717, 1.165) is 12.0 Å². The Bertz CT molecular complexity index is 835. The van der Waals surface area contributed by atoms with Crippen LogP contribution in [0.5, 0.6) is 0 Å². The predicted octanol–water partition coefficient (Wildman–Crippen LogP) is 3.41. The fraction of sp³-hybridized carbons (Fsp3) is 0.615. The second kappa shape index (κ2) is 14.3. The lowest BCUT2D eigenvalue weighted by atomic mass is 10.0. The molecule has 4 N–H and O–H groups in total. The summed E-state index contributed by atoms with van der Waals surface area (Å²) in [5.41, 5.74) is 0.0476. The number of carboxylic acids is 1. The minimum atomic E-state index is -1.16. The van der Waals surface area contributed by atoms with Crippen molar-refractivity contribution in [3.8, 4) is 0 Å². The molecular weight excluding hydrogens is 450 g/mol. The number of rotatable bonds is 13. The number of hydrogen-bond acceptors (Lipinski definition) is 5. The van der Waals surface area contributed by atoms with Crippen molar-refractivity contribution in [2.45, 2.75) is 97.4 Å². The number of carboxylic acid groups (broad SMARTS) is 1. The number of carbonyl (C=O) groups excluding carboxylic acids is 3. The molecule has 9 heteroatoms. The van der Waals surface area contributed by atoms with Crippen molar-refractivity contribution < 1.29 is 29.0 Å². The third-order valence-electron chi connectivity index (χ3n) is 5.09. The van der Waals surface area contributed by atoms with E-state index in [1.807, 2.05) is 26.8 Å². The van der Waals surface area contributed by atoms with E-state index in [1.54, 1.807) is 45.0 Å². The first-order valence-corrected chi connectivity index (χ1v) is 12.2. The van der Waals surface area contributed by atoms with Crippen LogP contribution in [0.4, 0.5) is 4.79 Å². The number of amides is 3. The van der Waals surface area contributed by atoms with E-state index in [9.17, 15) is 24.3 Å². The zero-order valence-electron chi connectivity index (χ0n) is 21.7. The van der Waals surface area contributed by atoms with Crippen molar-refractivity contribution in [2.24, 2.45) is 5.92 Å². The molecule has 3 unspecified atom stereocenters. The molecule has 0 aliphatic heterocycles. The minimum absolute atomic E-state index is 0.0522. The first kappa shape index (κ1) is 29.9. The summed E-state index contributed by atoms with van der Waals surface area (Å²) in [5, 5.41) is 17.5. The molecule has 0 bridgehead atoms. The minimum Gasteiger partial charge on any atom is -0.480 e. The zero-order valence-corrected chi connectivity index (χ0v) is 21.7. The third kappa shape index (κ3) is 12.2. The summed E-state index contributed by atoms with van der Waals surface area (Å²) in [5.74, 6) is -2.21. The van der Waals surface area contributed by atoms with E-state index in [-0.39, 0.29) is 12.3 Å². The van der Waals surface area contributed by atoms with Crippen LogP contribution < -0.4 is 16.0 Å². The predicted molar refractivity (Wildman–Crippen MR) is 134 cm³/mol. The summed E-state index contributed by atoms with van der Waals surface area (Å²) < 4.78 is 5.28. The molecule has 0 heterocycles. The molecule has 1 rings (SSSR count). The molecule has 0 aromatic heterocycles. The van der Waals surface area contributed by atoms with Gasteiger partial charge in [0, 0.05) is 6.42 Å². The van der Waals surface area contributed by atoms with Crippen LogP contribution in [-0.2, 0) is 25.5 Å². The monoisotopic (exact) mass is 491 g/mol. The highest BCUT2D eigenvalue weighted by atomic mass is 16.6. The Balaban J connectivity index is 2.96. The Hall–Kier alpha value is -3.10. The average molecular weight is 492 g/mol. The van der Waals surface area contributed by atoms with Crippen LogP contribution in [0.1, 0.15) is 72.8 Å². The van der Waals surface area contributed by atoms with E-state index in [2.05, 4.69) is 16.0 Å². The maximum absolute atomic E-state index is 13.1. The third-order valence-corrected chi connectivity index (χ3v) is 5.09. The first-order valence-electron chi connectivity index (χ1n) is 12.2. The average Bonchev–Trinajstić information content (AvgIpc) is 2.74. The van der Waals surface area contributed by atoms with E-state index < -0.39 is 47.6 Å². The molecule has 1 aromatic carbocycles. The van der Waals surface area contributed by atoms with Crippen LogP contribution >= 0.6 is 0 Å². The summed E-state index contributed by atoms with van der Waals surface area (Å²) in [6.07, 6.45) is 1.59. The Morgan fingerprint density at radius 2 is 1.49 bits per heavy atom. The van der Waals surface area contributed by atoms with Crippen LogP contribution in [0.2, 0.25) is 0 Å². The van der Waals surface area contributed by atoms with E-state index in [0.29, 0.717) is 19.3 Å². The Labute approximate surface area is 208 Å². The molecule has 0 aliphatic rings. The number of ether oxygens (including phenoxy) is 1. The van der Waals surface area contributed by atoms with Crippen molar-refractivity contribution in [1.82, 2.24) is 16.0 Å². The first-order chi connectivity index (χ1) is 16.3. The Kier molecular flexibility index (Phi) is 12.3. The van der Waals surface area contributed by atoms with Gasteiger partial charge in [-0.15, -0.1) is 0 Å². The lowest BCUT2D eigenvalue weighted by Gasteiger charge is -2.26. The lowest BCUT2D eigenvalue weighted by Crippen LogP contribution is -2.56. The quantitative estimate of drug-likeness (QED) is 0.334. The molecule has 1 aromatic rings. The van der Waals surface area contributed by atoms with Gasteiger partial charge in [-0.3, -0.25) is 9.59 Å². The summed E-state index contributed by atoms with van der Waals surface area (Å²) in [4.78, 5) is 50.2. The van der Waals surface area contributed by atoms with Crippen LogP contribution in [0.25, 0.3) is 0 Å². The molecule has 0 spiro atoms. The van der Waals surface area contributed by atoms with Crippen molar-refractivity contribution in [1.29, 1.82) is 0 Å². The summed E-state index contributed by atoms with van der Waals surface area (Å²) in [6.45, 7) is 11.0. The van der Waals surface area contributed by atoms with Gasteiger partial charge in [-0.25, -0.2) is 9.59 Å². The molecule has 0 saturated carbocycles. The van der Waals surface area contributed by atoms with E-state index in [4.69, 9.17) is 4.74 Å². The molecule has 0 saturated heterocycles. The van der Waals surface area contributed by atoms with Gasteiger partial charge in [0.2, 0.25) is 11.8 Å². The van der Waals surface area contributed by atoms with Crippen molar-refractivity contribution in [2.75, 3.05) is 0 Å². The van der Waals surface area contributed by atoms with Gasteiger partial charge in [0.1, 0.15) is 23.7 Å². The van der Waals surface area contributed by atoms with Gasteiger partial charge in [-0.05, 0) is 45.1 Å². The molecule has 196 valence electrons. The maximum Gasteiger partial charge on any atom is 0.408 e. The summed E-state index contributed by atoms with van der Waals surface area (Å²) >= 11 is 0. The highest BCUT2D eigenvalue weighted by molar-refractivity contribution is 5.92. The van der Waals surface area contributed by atoms with Gasteiger partial charge in [0.05, 0.1) is 0 Å². The topological polar surface area (TPSA) is 134 Å². The van der Waals surface area contributed by atoms with E-state index in [1.165, 1.54) is 0 Å². The maximum atomic E-state index is 13.1. The fourth-order valence-corrected chi connectivity index (χ4v) is 3.42. The van der Waals surface area contributed by atoms with Gasteiger partial charge in [-0.1, -0.05) is 63.9 Å². The van der Waals surface area contributed by atoms with Crippen molar-refractivity contribution >= 4 is 23.9 Å². The zero-order chi connectivity index (χ0) is 26.6. The molecule has 3 atom stereocenters. The molecule has 3 amide bonds. The molecule has 0 radical (unpaired) electrons. The molecule has 9 nitrogen and oxygen atoms in total. The van der Waals surface area contributed by atoms with Crippen LogP contribution in [-0.4, -0.2) is 52.7 Å². The molecular formula is C26H41N3O6. The normalized spacial score (nSPS) is 13.9. The number of nitrogens with one attached hydrogen (secondary N) is 3. The Morgan fingerprint density at radius 3 is 2.00 bits per heavy atom. The fourth-order valence-electron chi connectivity index (χ4n) is 3.42. The number of aliphatic carboxylic acids is 1. The number of hydrogen-bond donors (Lipinski definition) is 4. The van der Waals surface area contributed by atoms with E-state index >= 15 is 0 Å². The van der Waals surface area contributed by atoms with Gasteiger partial charge in [-0.2, -0.15) is 0 Å². The van der Waals surface area contributed by atoms with Gasteiger partial charge in [0.25, 0.3) is 0 Å². The highest BCUT2D eigenvalue weighted by Gasteiger charge is 2.30. The van der Waals surface area contributed by atoms with Gasteiger partial charge in [0.15, 0.2) is 0 Å². The summed E-state index contributed by atoms with van der Waals surface area (Å²) in [6, 6.07) is 6.01. The number of unbranched alkanes of at least 4 members (excludes halogenated alkanes) is 1. The van der Waals surface area contributed by atoms with Crippen LogP contribution in [0, 0.1) is 5.92 Å².